The minimum absolute atomic E-state index is 0.582. The van der Waals surface area contributed by atoms with Crippen LogP contribution in [0.2, 0.25) is 0 Å². The second-order valence-corrected chi connectivity index (χ2v) is 6.34. The first kappa shape index (κ1) is 16.3. The Bertz CT molecular complexity index is 828. The number of anilines is 4. The van der Waals surface area contributed by atoms with Crippen LogP contribution < -0.4 is 15.5 Å². The summed E-state index contributed by atoms with van der Waals surface area (Å²) in [5, 5.41) is 6.58. The molecular weight excluding hydrogens is 324 g/mol. The largest absolute Gasteiger partial charge is 0.372 e. The highest BCUT2D eigenvalue weighted by Gasteiger charge is 2.11. The van der Waals surface area contributed by atoms with Crippen molar-refractivity contribution in [3.8, 4) is 0 Å². The predicted molar refractivity (Wildman–Crippen MR) is 105 cm³/mol. The van der Waals surface area contributed by atoms with E-state index >= 15 is 0 Å². The van der Waals surface area contributed by atoms with Crippen molar-refractivity contribution in [2.24, 2.45) is 0 Å². The molecule has 6 nitrogen and oxygen atoms in total. The molecule has 0 aliphatic carbocycles. The molecule has 26 heavy (non-hydrogen) atoms. The topological polar surface area (TPSA) is 66.0 Å². The maximum absolute atomic E-state index is 4.52. The van der Waals surface area contributed by atoms with E-state index in [1.165, 1.54) is 18.5 Å². The lowest BCUT2D eigenvalue weighted by atomic mass is 10.2. The summed E-state index contributed by atoms with van der Waals surface area (Å²) in [5.41, 5.74) is 3.42. The van der Waals surface area contributed by atoms with Crippen molar-refractivity contribution in [3.63, 3.8) is 0 Å². The van der Waals surface area contributed by atoms with Gasteiger partial charge in [-0.25, -0.2) is 4.98 Å². The Morgan fingerprint density at radius 2 is 1.65 bits per heavy atom. The van der Waals surface area contributed by atoms with Crippen molar-refractivity contribution >= 4 is 23.1 Å². The Hall–Kier alpha value is -3.15. The molecule has 2 aromatic heterocycles. The molecule has 132 valence electrons. The third-order valence-electron chi connectivity index (χ3n) is 4.47. The van der Waals surface area contributed by atoms with Crippen LogP contribution >= 0.6 is 0 Å². The number of nitrogens with one attached hydrogen (secondary N) is 2. The van der Waals surface area contributed by atoms with E-state index in [0.29, 0.717) is 12.5 Å². The van der Waals surface area contributed by atoms with E-state index in [4.69, 9.17) is 0 Å². The maximum atomic E-state index is 4.52. The summed E-state index contributed by atoms with van der Waals surface area (Å²) in [5.74, 6) is 1.37. The Morgan fingerprint density at radius 1 is 0.885 bits per heavy atom. The SMILES string of the molecule is c1cc(CNc2ccnc(Nc3ccc(N4CCCC4)cc3)n2)ccn1. The molecule has 0 bridgehead atoms. The van der Waals surface area contributed by atoms with Gasteiger partial charge in [0.05, 0.1) is 0 Å². The van der Waals surface area contributed by atoms with Crippen LogP contribution in [0.3, 0.4) is 0 Å². The van der Waals surface area contributed by atoms with Gasteiger partial charge in [0.1, 0.15) is 5.82 Å². The molecule has 3 aromatic rings. The maximum Gasteiger partial charge on any atom is 0.229 e. The molecule has 0 amide bonds. The van der Waals surface area contributed by atoms with Gasteiger partial charge in [-0.2, -0.15) is 4.98 Å². The molecule has 2 N–H and O–H groups in total. The van der Waals surface area contributed by atoms with Gasteiger partial charge >= 0.3 is 0 Å². The van der Waals surface area contributed by atoms with Crippen molar-refractivity contribution in [2.45, 2.75) is 19.4 Å². The van der Waals surface area contributed by atoms with Gasteiger partial charge in [-0.3, -0.25) is 4.98 Å². The van der Waals surface area contributed by atoms with Crippen LogP contribution in [-0.4, -0.2) is 28.0 Å². The van der Waals surface area contributed by atoms with Gasteiger partial charge in [0.15, 0.2) is 0 Å². The lowest BCUT2D eigenvalue weighted by molar-refractivity contribution is 0.949. The van der Waals surface area contributed by atoms with Crippen LogP contribution in [0.4, 0.5) is 23.1 Å². The van der Waals surface area contributed by atoms with E-state index in [9.17, 15) is 0 Å². The van der Waals surface area contributed by atoms with Gasteiger partial charge in [-0.15, -0.1) is 0 Å². The summed E-state index contributed by atoms with van der Waals surface area (Å²) in [6, 6.07) is 14.3. The third-order valence-corrected chi connectivity index (χ3v) is 4.47. The molecule has 1 aliphatic rings. The fourth-order valence-corrected chi connectivity index (χ4v) is 3.07. The molecule has 1 saturated heterocycles. The Balaban J connectivity index is 1.38. The number of aromatic nitrogens is 3. The second kappa shape index (κ2) is 7.82. The molecular formula is C20H22N6. The predicted octanol–water partition coefficient (Wildman–Crippen LogP) is 3.83. The van der Waals surface area contributed by atoms with E-state index in [0.717, 1.165) is 30.2 Å². The average Bonchev–Trinajstić information content (AvgIpc) is 3.23. The zero-order valence-electron chi connectivity index (χ0n) is 14.6. The molecule has 0 atom stereocenters. The van der Waals surface area contributed by atoms with E-state index < -0.39 is 0 Å². The molecule has 4 rings (SSSR count). The first-order valence-corrected chi connectivity index (χ1v) is 8.95. The highest BCUT2D eigenvalue weighted by atomic mass is 15.2. The molecule has 0 spiro atoms. The van der Waals surface area contributed by atoms with Gasteiger partial charge in [0, 0.05) is 49.6 Å². The van der Waals surface area contributed by atoms with Gasteiger partial charge in [-0.05, 0) is 60.9 Å². The molecule has 1 fully saturated rings. The van der Waals surface area contributed by atoms with Crippen LogP contribution in [0.25, 0.3) is 0 Å². The number of rotatable bonds is 6. The van der Waals surface area contributed by atoms with Crippen molar-refractivity contribution in [1.82, 2.24) is 15.0 Å². The third kappa shape index (κ3) is 4.08. The zero-order chi connectivity index (χ0) is 17.6. The van der Waals surface area contributed by atoms with Crippen LogP contribution in [0.5, 0.6) is 0 Å². The minimum Gasteiger partial charge on any atom is -0.372 e. The Kier molecular flexibility index (Phi) is 4.91. The van der Waals surface area contributed by atoms with Gasteiger partial charge in [-0.1, -0.05) is 0 Å². The minimum atomic E-state index is 0.582. The number of hydrogen-bond donors (Lipinski definition) is 2. The van der Waals surface area contributed by atoms with Crippen LogP contribution in [0, 0.1) is 0 Å². The quantitative estimate of drug-likeness (QED) is 0.707. The lowest BCUT2D eigenvalue weighted by Crippen LogP contribution is -2.17. The molecule has 0 radical (unpaired) electrons. The van der Waals surface area contributed by atoms with E-state index in [2.05, 4.69) is 54.8 Å². The fourth-order valence-electron chi connectivity index (χ4n) is 3.07. The fraction of sp³-hybridized carbons (Fsp3) is 0.250. The smallest absolute Gasteiger partial charge is 0.229 e. The molecule has 0 unspecified atom stereocenters. The first-order valence-electron chi connectivity index (χ1n) is 8.95. The molecule has 3 heterocycles. The van der Waals surface area contributed by atoms with E-state index in [-0.39, 0.29) is 0 Å². The summed E-state index contributed by atoms with van der Waals surface area (Å²) in [6.45, 7) is 3.01. The first-order chi connectivity index (χ1) is 12.9. The number of hydrogen-bond acceptors (Lipinski definition) is 6. The zero-order valence-corrected chi connectivity index (χ0v) is 14.6. The summed E-state index contributed by atoms with van der Waals surface area (Å²) >= 11 is 0. The lowest BCUT2D eigenvalue weighted by Gasteiger charge is -2.17. The monoisotopic (exact) mass is 346 g/mol. The number of benzene rings is 1. The molecule has 6 heteroatoms. The van der Waals surface area contributed by atoms with Crippen molar-refractivity contribution in [1.29, 1.82) is 0 Å². The van der Waals surface area contributed by atoms with Crippen LogP contribution in [0.1, 0.15) is 18.4 Å². The summed E-state index contributed by atoms with van der Waals surface area (Å²) in [7, 11) is 0. The summed E-state index contributed by atoms with van der Waals surface area (Å²) < 4.78 is 0. The number of nitrogens with zero attached hydrogens (tertiary/aromatic N) is 4. The normalized spacial score (nSPS) is 13.6. The highest BCUT2D eigenvalue weighted by molar-refractivity contribution is 5.60. The highest BCUT2D eigenvalue weighted by Crippen LogP contribution is 2.23. The molecule has 1 aromatic carbocycles. The van der Waals surface area contributed by atoms with Crippen molar-refractivity contribution in [2.75, 3.05) is 28.6 Å². The second-order valence-electron chi connectivity index (χ2n) is 6.34. The van der Waals surface area contributed by atoms with Crippen LogP contribution in [0.15, 0.2) is 61.1 Å². The van der Waals surface area contributed by atoms with Crippen LogP contribution in [-0.2, 0) is 6.54 Å². The van der Waals surface area contributed by atoms with E-state index in [1.807, 2.05) is 18.2 Å². The molecule has 1 aliphatic heterocycles. The standard InChI is InChI=1S/C20H22N6/c1-2-14-26(13-1)18-5-3-17(4-6-18)24-20-22-12-9-19(25-20)23-15-16-7-10-21-11-8-16/h3-12H,1-2,13-15H2,(H2,22,23,24,25). The Morgan fingerprint density at radius 3 is 2.42 bits per heavy atom. The average molecular weight is 346 g/mol. The van der Waals surface area contributed by atoms with Crippen molar-refractivity contribution in [3.05, 3.63) is 66.6 Å². The summed E-state index contributed by atoms with van der Waals surface area (Å²) in [6.07, 6.45) is 7.90. The van der Waals surface area contributed by atoms with Gasteiger partial charge in [0.2, 0.25) is 5.95 Å². The van der Waals surface area contributed by atoms with Gasteiger partial charge < -0.3 is 15.5 Å². The van der Waals surface area contributed by atoms with E-state index in [1.54, 1.807) is 18.6 Å². The van der Waals surface area contributed by atoms with Crippen molar-refractivity contribution < 1.29 is 0 Å². The Labute approximate surface area is 153 Å². The molecule has 0 saturated carbocycles. The summed E-state index contributed by atoms with van der Waals surface area (Å²) in [4.78, 5) is 15.3. The number of pyridine rings is 1. The van der Waals surface area contributed by atoms with Gasteiger partial charge in [0.25, 0.3) is 0 Å².